The monoisotopic (exact) mass is 411 g/mol. The van der Waals surface area contributed by atoms with Crippen molar-refractivity contribution in [2.75, 3.05) is 13.1 Å². The van der Waals surface area contributed by atoms with Crippen LogP contribution in [-0.2, 0) is 7.05 Å². The van der Waals surface area contributed by atoms with E-state index in [1.807, 2.05) is 54.3 Å². The summed E-state index contributed by atoms with van der Waals surface area (Å²) in [5, 5.41) is 8.58. The van der Waals surface area contributed by atoms with Gasteiger partial charge in [0.05, 0.1) is 28.8 Å². The van der Waals surface area contributed by atoms with E-state index in [0.29, 0.717) is 0 Å². The highest BCUT2D eigenvalue weighted by Gasteiger charge is 2.24. The summed E-state index contributed by atoms with van der Waals surface area (Å²) in [5.74, 6) is 0.768. The molecular weight excluding hydrogens is 390 g/mol. The molecule has 31 heavy (non-hydrogen) atoms. The number of aryl methyl sites for hydroxylation is 1. The molecule has 5 aromatic rings. The minimum Gasteiger partial charge on any atom is -0.315 e. The van der Waals surface area contributed by atoms with Gasteiger partial charge in [-0.25, -0.2) is 14.5 Å². The van der Waals surface area contributed by atoms with E-state index in [2.05, 4.69) is 26.4 Å². The van der Waals surface area contributed by atoms with Gasteiger partial charge in [0, 0.05) is 43.1 Å². The highest BCUT2D eigenvalue weighted by atomic mass is 16.1. The second-order valence-electron chi connectivity index (χ2n) is 7.94. The molecule has 8 nitrogen and oxygen atoms in total. The quantitative estimate of drug-likeness (QED) is 0.494. The van der Waals surface area contributed by atoms with Gasteiger partial charge in [0.1, 0.15) is 0 Å². The Hall–Kier alpha value is -3.78. The molecule has 6 rings (SSSR count). The van der Waals surface area contributed by atoms with E-state index in [-0.39, 0.29) is 11.7 Å². The van der Waals surface area contributed by atoms with E-state index in [1.54, 1.807) is 21.6 Å². The van der Waals surface area contributed by atoms with Crippen molar-refractivity contribution in [1.29, 1.82) is 0 Å². The van der Waals surface area contributed by atoms with Gasteiger partial charge in [0.2, 0.25) is 0 Å². The van der Waals surface area contributed by atoms with Gasteiger partial charge in [0.25, 0.3) is 0 Å². The van der Waals surface area contributed by atoms with Crippen LogP contribution in [0.2, 0.25) is 0 Å². The summed E-state index contributed by atoms with van der Waals surface area (Å²) in [6.07, 6.45) is 8.20. The SMILES string of the molecule is Cn1c(=O)n([C@H]2CCNC2)c2c3cc(-c4ccc(-n5cccn5)nc4)ccc3ncc21. The lowest BCUT2D eigenvalue weighted by Crippen LogP contribution is -2.27. The van der Waals surface area contributed by atoms with Crippen LogP contribution in [0.5, 0.6) is 0 Å². The number of rotatable bonds is 3. The zero-order valence-electron chi connectivity index (χ0n) is 17.1. The molecule has 5 heterocycles. The van der Waals surface area contributed by atoms with E-state index >= 15 is 0 Å². The summed E-state index contributed by atoms with van der Waals surface area (Å²) < 4.78 is 5.38. The second kappa shape index (κ2) is 6.88. The number of fused-ring (bicyclic) bond motifs is 3. The van der Waals surface area contributed by atoms with Crippen LogP contribution < -0.4 is 11.0 Å². The molecule has 1 fully saturated rings. The molecule has 0 radical (unpaired) electrons. The number of benzene rings is 1. The Balaban J connectivity index is 1.54. The number of nitrogens with one attached hydrogen (secondary N) is 1. The van der Waals surface area contributed by atoms with Crippen molar-refractivity contribution in [2.45, 2.75) is 12.5 Å². The molecule has 0 saturated carbocycles. The fourth-order valence-corrected chi connectivity index (χ4v) is 4.50. The summed E-state index contributed by atoms with van der Waals surface area (Å²) in [4.78, 5) is 22.2. The molecule has 1 aromatic carbocycles. The van der Waals surface area contributed by atoms with E-state index < -0.39 is 0 Å². The average molecular weight is 411 g/mol. The maximum Gasteiger partial charge on any atom is 0.329 e. The van der Waals surface area contributed by atoms with Crippen LogP contribution >= 0.6 is 0 Å². The third-order valence-electron chi connectivity index (χ3n) is 6.14. The minimum atomic E-state index is 0.00800. The van der Waals surface area contributed by atoms with Crippen molar-refractivity contribution in [1.82, 2.24) is 34.2 Å². The lowest BCUT2D eigenvalue weighted by Gasteiger charge is -2.12. The molecule has 0 amide bonds. The molecule has 8 heteroatoms. The van der Waals surface area contributed by atoms with Gasteiger partial charge in [-0.05, 0) is 48.9 Å². The molecule has 1 aliphatic heterocycles. The zero-order valence-corrected chi connectivity index (χ0v) is 17.1. The van der Waals surface area contributed by atoms with E-state index in [1.165, 1.54) is 0 Å². The van der Waals surface area contributed by atoms with Gasteiger partial charge >= 0.3 is 5.69 Å². The van der Waals surface area contributed by atoms with E-state index in [0.717, 1.165) is 58.4 Å². The van der Waals surface area contributed by atoms with Crippen molar-refractivity contribution in [3.63, 3.8) is 0 Å². The molecule has 1 N–H and O–H groups in total. The Kier molecular flexibility index (Phi) is 4.00. The molecule has 1 atom stereocenters. The number of nitrogens with zero attached hydrogens (tertiary/aromatic N) is 6. The molecule has 154 valence electrons. The summed E-state index contributed by atoms with van der Waals surface area (Å²) in [6.45, 7) is 1.73. The van der Waals surface area contributed by atoms with Gasteiger partial charge in [-0.1, -0.05) is 6.07 Å². The average Bonchev–Trinajstić information content (AvgIpc) is 3.56. The highest BCUT2D eigenvalue weighted by molar-refractivity contribution is 6.04. The third-order valence-corrected chi connectivity index (χ3v) is 6.14. The Morgan fingerprint density at radius 3 is 2.74 bits per heavy atom. The zero-order chi connectivity index (χ0) is 20.9. The maximum absolute atomic E-state index is 13.1. The first-order valence-electron chi connectivity index (χ1n) is 10.4. The summed E-state index contributed by atoms with van der Waals surface area (Å²) in [5.41, 5.74) is 4.73. The lowest BCUT2D eigenvalue weighted by molar-refractivity contribution is 0.536. The Bertz CT molecular complexity index is 1460. The largest absolute Gasteiger partial charge is 0.329 e. The summed E-state index contributed by atoms with van der Waals surface area (Å²) >= 11 is 0. The first-order valence-corrected chi connectivity index (χ1v) is 10.4. The second-order valence-corrected chi connectivity index (χ2v) is 7.94. The normalized spacial score (nSPS) is 16.5. The molecule has 4 aromatic heterocycles. The Morgan fingerprint density at radius 1 is 1.10 bits per heavy atom. The molecule has 1 aliphatic rings. The first kappa shape index (κ1) is 18.0. The van der Waals surface area contributed by atoms with Gasteiger partial charge < -0.3 is 5.32 Å². The van der Waals surface area contributed by atoms with Crippen LogP contribution in [0.3, 0.4) is 0 Å². The number of aromatic nitrogens is 6. The van der Waals surface area contributed by atoms with Crippen LogP contribution in [0.4, 0.5) is 0 Å². The van der Waals surface area contributed by atoms with Crippen LogP contribution in [0, 0.1) is 0 Å². The maximum atomic E-state index is 13.1. The Labute approximate surface area is 177 Å². The van der Waals surface area contributed by atoms with Gasteiger partial charge in [-0.15, -0.1) is 0 Å². The third kappa shape index (κ3) is 2.79. The standard InChI is InChI=1S/C23H21N7O/c1-28-20-14-25-19-5-3-15(16-4-6-21(26-12-16)29-10-2-8-27-29)11-18(19)22(20)30(23(28)31)17-7-9-24-13-17/h2-6,8,10-12,14,17,24H,7,9,13H2,1H3/t17-/m0/s1. The van der Waals surface area contributed by atoms with Crippen LogP contribution in [-0.4, -0.2) is 42.0 Å². The van der Waals surface area contributed by atoms with Gasteiger partial charge in [-0.2, -0.15) is 5.10 Å². The number of pyridine rings is 2. The predicted molar refractivity (Wildman–Crippen MR) is 119 cm³/mol. The predicted octanol–water partition coefficient (Wildman–Crippen LogP) is 2.67. The smallest absolute Gasteiger partial charge is 0.315 e. The molecule has 0 bridgehead atoms. The summed E-state index contributed by atoms with van der Waals surface area (Å²) in [6, 6.07) is 12.2. The molecule has 0 unspecified atom stereocenters. The number of hydrogen-bond donors (Lipinski definition) is 1. The topological polar surface area (TPSA) is 82.6 Å². The fourth-order valence-electron chi connectivity index (χ4n) is 4.50. The van der Waals surface area contributed by atoms with Gasteiger partial charge in [0.15, 0.2) is 5.82 Å². The van der Waals surface area contributed by atoms with Crippen molar-refractivity contribution in [3.8, 4) is 16.9 Å². The highest BCUT2D eigenvalue weighted by Crippen LogP contribution is 2.30. The van der Waals surface area contributed by atoms with Crippen molar-refractivity contribution < 1.29 is 0 Å². The summed E-state index contributed by atoms with van der Waals surface area (Å²) in [7, 11) is 1.82. The first-order chi connectivity index (χ1) is 15.2. The number of hydrogen-bond acceptors (Lipinski definition) is 5. The molecule has 0 aliphatic carbocycles. The lowest BCUT2D eigenvalue weighted by atomic mass is 10.0. The van der Waals surface area contributed by atoms with E-state index in [9.17, 15) is 4.79 Å². The minimum absolute atomic E-state index is 0.00800. The van der Waals surface area contributed by atoms with Crippen molar-refractivity contribution in [2.24, 2.45) is 7.05 Å². The molecule has 0 spiro atoms. The van der Waals surface area contributed by atoms with Crippen LogP contribution in [0.25, 0.3) is 38.9 Å². The van der Waals surface area contributed by atoms with Crippen LogP contribution in [0.1, 0.15) is 12.5 Å². The number of imidazole rings is 1. The van der Waals surface area contributed by atoms with Crippen LogP contribution in [0.15, 0.2) is 66.0 Å². The van der Waals surface area contributed by atoms with Crippen molar-refractivity contribution in [3.05, 3.63) is 71.7 Å². The fraction of sp³-hybridized carbons (Fsp3) is 0.217. The Morgan fingerprint density at radius 2 is 2.00 bits per heavy atom. The van der Waals surface area contributed by atoms with Crippen molar-refractivity contribution >= 4 is 21.9 Å². The molecular formula is C23H21N7O. The van der Waals surface area contributed by atoms with Gasteiger partial charge in [-0.3, -0.25) is 14.1 Å². The molecule has 1 saturated heterocycles. The van der Waals surface area contributed by atoms with E-state index in [4.69, 9.17) is 0 Å².